The van der Waals surface area contributed by atoms with Gasteiger partial charge in [0.2, 0.25) is 0 Å². The number of guanidine groups is 1. The number of hydrogen-bond acceptors (Lipinski definition) is 4. The second-order valence-corrected chi connectivity index (χ2v) is 8.26. The van der Waals surface area contributed by atoms with Crippen LogP contribution in [0.5, 0.6) is 5.75 Å². The van der Waals surface area contributed by atoms with Crippen molar-refractivity contribution in [3.8, 4) is 5.75 Å². The van der Waals surface area contributed by atoms with Crippen LogP contribution in [-0.2, 0) is 10.2 Å². The molecule has 1 aromatic carbocycles. The lowest BCUT2D eigenvalue weighted by Gasteiger charge is -2.42. The highest BCUT2D eigenvalue weighted by Gasteiger charge is 2.41. The summed E-state index contributed by atoms with van der Waals surface area (Å²) in [5, 5.41) is 3.50. The van der Waals surface area contributed by atoms with Crippen LogP contribution in [0.4, 0.5) is 13.2 Å². The highest BCUT2D eigenvalue weighted by Crippen LogP contribution is 2.35. The molecule has 1 atom stereocenters. The fraction of sp³-hybridized carbons (Fsp3) is 0.682. The Hall–Kier alpha value is -1.27. The van der Waals surface area contributed by atoms with Crippen LogP contribution in [0.3, 0.4) is 0 Å². The van der Waals surface area contributed by atoms with E-state index in [1.54, 1.807) is 14.2 Å². The summed E-state index contributed by atoms with van der Waals surface area (Å²) < 4.78 is 50.0. The molecule has 0 radical (unpaired) electrons. The number of aliphatic imine (C=N–C) groups is 1. The van der Waals surface area contributed by atoms with Gasteiger partial charge in [0, 0.05) is 58.4 Å². The van der Waals surface area contributed by atoms with Gasteiger partial charge >= 0.3 is 6.18 Å². The molecule has 0 aromatic heterocycles. The van der Waals surface area contributed by atoms with Gasteiger partial charge in [-0.3, -0.25) is 9.89 Å². The van der Waals surface area contributed by atoms with Crippen molar-refractivity contribution in [2.45, 2.75) is 37.4 Å². The SMILES string of the molecule is CN=C(NCC1(c2ccc(OC)cc2)CCOCC1)N1CCN(C(C)C(F)(F)F)CC1.I. The minimum absolute atomic E-state index is 0. The van der Waals surface area contributed by atoms with Gasteiger partial charge in [-0.1, -0.05) is 12.1 Å². The molecule has 1 aromatic rings. The van der Waals surface area contributed by atoms with Gasteiger partial charge in [-0.05, 0) is 37.5 Å². The maximum absolute atomic E-state index is 13.0. The fourth-order valence-electron chi connectivity index (χ4n) is 4.38. The van der Waals surface area contributed by atoms with E-state index in [1.165, 1.54) is 17.4 Å². The van der Waals surface area contributed by atoms with Crippen molar-refractivity contribution in [3.05, 3.63) is 29.8 Å². The number of piperazine rings is 1. The van der Waals surface area contributed by atoms with Gasteiger partial charge in [0.25, 0.3) is 0 Å². The first-order valence-electron chi connectivity index (χ1n) is 10.8. The number of halogens is 4. The predicted octanol–water partition coefficient (Wildman–Crippen LogP) is 3.51. The van der Waals surface area contributed by atoms with Crippen LogP contribution in [0.1, 0.15) is 25.3 Å². The van der Waals surface area contributed by atoms with Crippen LogP contribution in [-0.4, -0.2) is 88.1 Å². The van der Waals surface area contributed by atoms with Gasteiger partial charge in [-0.15, -0.1) is 24.0 Å². The highest BCUT2D eigenvalue weighted by atomic mass is 127. The largest absolute Gasteiger partial charge is 0.497 e. The average molecular weight is 570 g/mol. The van der Waals surface area contributed by atoms with Crippen molar-refractivity contribution in [1.29, 1.82) is 0 Å². The summed E-state index contributed by atoms with van der Waals surface area (Å²) >= 11 is 0. The van der Waals surface area contributed by atoms with Crippen molar-refractivity contribution >= 4 is 29.9 Å². The Morgan fingerprint density at radius 2 is 1.75 bits per heavy atom. The Bertz CT molecular complexity index is 732. The zero-order chi connectivity index (χ0) is 22.5. The van der Waals surface area contributed by atoms with Crippen LogP contribution in [0, 0.1) is 0 Å². The first-order chi connectivity index (χ1) is 14.8. The van der Waals surface area contributed by atoms with E-state index in [2.05, 4.69) is 22.4 Å². The maximum atomic E-state index is 13.0. The lowest BCUT2D eigenvalue weighted by Crippen LogP contribution is -2.57. The van der Waals surface area contributed by atoms with E-state index in [4.69, 9.17) is 9.47 Å². The summed E-state index contributed by atoms with van der Waals surface area (Å²) in [6.07, 6.45) is -2.42. The first kappa shape index (κ1) is 27.0. The molecule has 6 nitrogen and oxygen atoms in total. The number of ether oxygens (including phenoxy) is 2. The normalized spacial score (nSPS) is 20.9. The van der Waals surface area contributed by atoms with Crippen LogP contribution in [0.2, 0.25) is 0 Å². The number of benzene rings is 1. The second kappa shape index (κ2) is 11.7. The summed E-state index contributed by atoms with van der Waals surface area (Å²) in [5.41, 5.74) is 1.14. The highest BCUT2D eigenvalue weighted by molar-refractivity contribution is 14.0. The molecule has 0 bridgehead atoms. The lowest BCUT2D eigenvalue weighted by molar-refractivity contribution is -0.181. The molecule has 0 amide bonds. The Kier molecular flexibility index (Phi) is 9.89. The topological polar surface area (TPSA) is 49.3 Å². The van der Waals surface area contributed by atoms with E-state index in [-0.39, 0.29) is 29.4 Å². The van der Waals surface area contributed by atoms with E-state index in [1.807, 2.05) is 17.0 Å². The molecule has 3 rings (SSSR count). The Labute approximate surface area is 205 Å². The quantitative estimate of drug-likeness (QED) is 0.334. The van der Waals surface area contributed by atoms with E-state index in [9.17, 15) is 13.2 Å². The molecular weight excluding hydrogens is 536 g/mol. The van der Waals surface area contributed by atoms with Crippen molar-refractivity contribution in [2.24, 2.45) is 4.99 Å². The van der Waals surface area contributed by atoms with Gasteiger partial charge in [0.15, 0.2) is 5.96 Å². The molecule has 0 spiro atoms. The molecule has 1 unspecified atom stereocenters. The minimum Gasteiger partial charge on any atom is -0.497 e. The molecule has 32 heavy (non-hydrogen) atoms. The summed E-state index contributed by atoms with van der Waals surface area (Å²) in [4.78, 5) is 7.94. The summed E-state index contributed by atoms with van der Waals surface area (Å²) in [6.45, 7) is 5.05. The Morgan fingerprint density at radius 3 is 2.25 bits per heavy atom. The molecule has 10 heteroatoms. The Morgan fingerprint density at radius 1 is 1.16 bits per heavy atom. The van der Waals surface area contributed by atoms with E-state index < -0.39 is 12.2 Å². The van der Waals surface area contributed by atoms with Crippen LogP contribution in [0.25, 0.3) is 0 Å². The molecule has 0 saturated carbocycles. The van der Waals surface area contributed by atoms with Crippen molar-refractivity contribution in [1.82, 2.24) is 15.1 Å². The number of hydrogen-bond donors (Lipinski definition) is 1. The minimum atomic E-state index is -4.20. The molecule has 2 saturated heterocycles. The van der Waals surface area contributed by atoms with E-state index in [0.29, 0.717) is 45.9 Å². The van der Waals surface area contributed by atoms with Crippen LogP contribution in [0.15, 0.2) is 29.3 Å². The first-order valence-corrected chi connectivity index (χ1v) is 10.8. The summed E-state index contributed by atoms with van der Waals surface area (Å²) in [5.74, 6) is 1.55. The second-order valence-electron chi connectivity index (χ2n) is 8.26. The average Bonchev–Trinajstić information content (AvgIpc) is 2.79. The standard InChI is InChI=1S/C22H33F3N4O2.HI/c1-17(22(23,24)25)28-10-12-29(13-11-28)20(26-2)27-16-21(8-14-31-15-9-21)18-4-6-19(30-3)7-5-18;/h4-7,17H,8-16H2,1-3H3,(H,26,27);1H. The number of rotatable bonds is 5. The molecule has 0 aliphatic carbocycles. The predicted molar refractivity (Wildman–Crippen MR) is 130 cm³/mol. The fourth-order valence-corrected chi connectivity index (χ4v) is 4.38. The number of nitrogens with zero attached hydrogens (tertiary/aromatic N) is 3. The monoisotopic (exact) mass is 570 g/mol. The number of nitrogens with one attached hydrogen (secondary N) is 1. The van der Waals surface area contributed by atoms with Gasteiger partial charge < -0.3 is 19.7 Å². The molecule has 2 heterocycles. The van der Waals surface area contributed by atoms with Crippen molar-refractivity contribution < 1.29 is 22.6 Å². The molecular formula is C22H34F3IN4O2. The van der Waals surface area contributed by atoms with Gasteiger partial charge in [0.05, 0.1) is 7.11 Å². The van der Waals surface area contributed by atoms with Crippen molar-refractivity contribution in [2.75, 3.05) is 60.1 Å². The van der Waals surface area contributed by atoms with Gasteiger partial charge in [-0.2, -0.15) is 13.2 Å². The smallest absolute Gasteiger partial charge is 0.403 e. The molecule has 182 valence electrons. The van der Waals surface area contributed by atoms with E-state index in [0.717, 1.165) is 24.6 Å². The number of methoxy groups -OCH3 is 1. The Balaban J connectivity index is 0.00000363. The summed E-state index contributed by atoms with van der Waals surface area (Å²) in [7, 11) is 3.37. The van der Waals surface area contributed by atoms with Gasteiger partial charge in [0.1, 0.15) is 11.8 Å². The molecule has 2 fully saturated rings. The third kappa shape index (κ3) is 6.40. The van der Waals surface area contributed by atoms with Crippen molar-refractivity contribution in [3.63, 3.8) is 0 Å². The molecule has 2 aliphatic heterocycles. The lowest BCUT2D eigenvalue weighted by atomic mass is 9.74. The zero-order valence-electron chi connectivity index (χ0n) is 19.0. The van der Waals surface area contributed by atoms with Gasteiger partial charge in [-0.25, -0.2) is 0 Å². The van der Waals surface area contributed by atoms with E-state index >= 15 is 0 Å². The molecule has 1 N–H and O–H groups in total. The zero-order valence-corrected chi connectivity index (χ0v) is 21.3. The third-order valence-electron chi connectivity index (χ3n) is 6.58. The number of alkyl halides is 3. The maximum Gasteiger partial charge on any atom is 0.403 e. The van der Waals surface area contributed by atoms with Crippen LogP contribution < -0.4 is 10.1 Å². The van der Waals surface area contributed by atoms with Crippen LogP contribution >= 0.6 is 24.0 Å². The molecule has 2 aliphatic rings. The summed E-state index contributed by atoms with van der Waals surface area (Å²) in [6, 6.07) is 6.73. The third-order valence-corrected chi connectivity index (χ3v) is 6.58.